The molecule has 3 aromatic heterocycles. The van der Waals surface area contributed by atoms with Crippen LogP contribution in [0.1, 0.15) is 23.0 Å². The van der Waals surface area contributed by atoms with Crippen LogP contribution in [0.25, 0.3) is 38.6 Å². The fraction of sp³-hybridized carbons (Fsp3) is 0.222. The Hall–Kier alpha value is -4.33. The van der Waals surface area contributed by atoms with Crippen LogP contribution in [0.15, 0.2) is 58.5 Å². The molecule has 2 N–H and O–H groups in total. The number of hydrogen-bond acceptors (Lipinski definition) is 7. The molecule has 1 aliphatic carbocycles. The average Bonchev–Trinajstić information content (AvgIpc) is 3.39. The van der Waals surface area contributed by atoms with E-state index in [1.54, 1.807) is 14.2 Å². The van der Waals surface area contributed by atoms with Gasteiger partial charge in [-0.1, -0.05) is 29.5 Å². The molecule has 6 rings (SSSR count). The lowest BCUT2D eigenvalue weighted by Crippen LogP contribution is -2.33. The second-order valence-corrected chi connectivity index (χ2v) is 8.71. The lowest BCUT2D eigenvalue weighted by atomic mass is 9.90. The Morgan fingerprint density at radius 2 is 1.89 bits per heavy atom. The summed E-state index contributed by atoms with van der Waals surface area (Å²) in [7, 11) is 3.34. The molecule has 8 nitrogen and oxygen atoms in total. The van der Waals surface area contributed by atoms with Gasteiger partial charge in [0.25, 0.3) is 0 Å². The van der Waals surface area contributed by atoms with E-state index in [0.29, 0.717) is 11.7 Å². The van der Waals surface area contributed by atoms with Crippen molar-refractivity contribution in [2.75, 3.05) is 14.2 Å². The summed E-state index contributed by atoms with van der Waals surface area (Å²) in [6.07, 6.45) is 10.3. The first-order chi connectivity index (χ1) is 17.0. The second kappa shape index (κ2) is 7.87. The number of nitrogens with one attached hydrogen (secondary N) is 2. The molecule has 0 saturated carbocycles. The summed E-state index contributed by atoms with van der Waals surface area (Å²) in [6.45, 7) is 5.75. The maximum Gasteiger partial charge on any atom is 0.187 e. The molecule has 35 heavy (non-hydrogen) atoms. The summed E-state index contributed by atoms with van der Waals surface area (Å²) in [5.74, 6) is 2.85. The fourth-order valence-electron chi connectivity index (χ4n) is 5.02. The number of H-pyrrole nitrogens is 1. The number of fused-ring (bicyclic) bond motifs is 4. The van der Waals surface area contributed by atoms with Crippen molar-refractivity contribution in [2.24, 2.45) is 0 Å². The van der Waals surface area contributed by atoms with Gasteiger partial charge in [-0.2, -0.15) is 0 Å². The highest BCUT2D eigenvalue weighted by Crippen LogP contribution is 2.42. The van der Waals surface area contributed by atoms with Crippen LogP contribution in [0.5, 0.6) is 5.75 Å². The van der Waals surface area contributed by atoms with Gasteiger partial charge >= 0.3 is 0 Å². The molecule has 0 fully saturated rings. The van der Waals surface area contributed by atoms with Crippen LogP contribution < -0.4 is 10.1 Å². The number of nitrogens with zero attached hydrogens (tertiary/aromatic N) is 3. The molecule has 0 radical (unpaired) electrons. The monoisotopic (exact) mass is 467 g/mol. The van der Waals surface area contributed by atoms with Crippen LogP contribution in [0.2, 0.25) is 0 Å². The minimum Gasteiger partial charge on any atom is -0.496 e. The Morgan fingerprint density at radius 1 is 1.03 bits per heavy atom. The van der Waals surface area contributed by atoms with E-state index in [0.717, 1.165) is 67.1 Å². The highest BCUT2D eigenvalue weighted by molar-refractivity contribution is 6.13. The number of aromatic amines is 1. The van der Waals surface area contributed by atoms with Gasteiger partial charge in [0.05, 0.1) is 42.6 Å². The summed E-state index contributed by atoms with van der Waals surface area (Å²) in [6, 6.07) is 4.12. The third kappa shape index (κ3) is 3.24. The van der Waals surface area contributed by atoms with Gasteiger partial charge in [-0.15, -0.1) is 0 Å². The molecule has 0 bridgehead atoms. The normalized spacial score (nSPS) is 17.1. The van der Waals surface area contributed by atoms with E-state index in [1.807, 2.05) is 45.1 Å². The zero-order chi connectivity index (χ0) is 24.3. The quantitative estimate of drug-likeness (QED) is 0.434. The van der Waals surface area contributed by atoms with Gasteiger partial charge < -0.3 is 24.3 Å². The average molecular weight is 468 g/mol. The van der Waals surface area contributed by atoms with Crippen LogP contribution >= 0.6 is 0 Å². The first-order valence-electron chi connectivity index (χ1n) is 11.4. The lowest BCUT2D eigenvalue weighted by Gasteiger charge is -2.27. The number of methoxy groups -OCH3 is 2. The molecule has 1 aliphatic heterocycles. The Labute approximate surface area is 202 Å². The zero-order valence-electron chi connectivity index (χ0n) is 20.2. The van der Waals surface area contributed by atoms with Crippen molar-refractivity contribution >= 4 is 27.5 Å². The summed E-state index contributed by atoms with van der Waals surface area (Å²) >= 11 is 0. The first-order valence-corrected chi connectivity index (χ1v) is 11.4. The molecular weight excluding hydrogens is 442 g/mol. The molecule has 4 heterocycles. The third-order valence-corrected chi connectivity index (χ3v) is 6.57. The Bertz CT molecular complexity index is 1610. The van der Waals surface area contributed by atoms with E-state index in [9.17, 15) is 0 Å². The summed E-state index contributed by atoms with van der Waals surface area (Å²) in [5, 5.41) is 9.45. The van der Waals surface area contributed by atoms with Crippen molar-refractivity contribution in [1.29, 1.82) is 0 Å². The smallest absolute Gasteiger partial charge is 0.187 e. The summed E-state index contributed by atoms with van der Waals surface area (Å²) in [4.78, 5) is 13.2. The van der Waals surface area contributed by atoms with E-state index in [1.165, 1.54) is 0 Å². The van der Waals surface area contributed by atoms with Crippen LogP contribution in [0.4, 0.5) is 0 Å². The lowest BCUT2D eigenvalue weighted by molar-refractivity contribution is 0.257. The molecule has 176 valence electrons. The van der Waals surface area contributed by atoms with Gasteiger partial charge in [0.15, 0.2) is 5.88 Å². The van der Waals surface area contributed by atoms with Crippen LogP contribution in [-0.4, -0.2) is 40.4 Å². The van der Waals surface area contributed by atoms with Gasteiger partial charge in [-0.3, -0.25) is 0 Å². The van der Waals surface area contributed by atoms with Crippen LogP contribution in [0, 0.1) is 20.8 Å². The van der Waals surface area contributed by atoms with Crippen molar-refractivity contribution in [1.82, 2.24) is 25.4 Å². The maximum absolute atomic E-state index is 5.84. The van der Waals surface area contributed by atoms with Gasteiger partial charge in [0, 0.05) is 28.1 Å². The Morgan fingerprint density at radius 3 is 2.63 bits per heavy atom. The molecule has 1 aromatic carbocycles. The zero-order valence-corrected chi connectivity index (χ0v) is 20.2. The standard InChI is InChI=1S/C27H25N5O3/c1-13-24(14(2)35-32-13)19-10-21-18(11-22(19)33-4)25-26(28-15(3)29-27(25)31-21)17-12-23(34-5)30-20-9-7-6-8-16(17)20/h6-12,20,30H,1-5H3,(H,28,29,31). The van der Waals surface area contributed by atoms with Crippen molar-refractivity contribution in [3.05, 3.63) is 76.9 Å². The maximum atomic E-state index is 5.84. The van der Waals surface area contributed by atoms with Crippen molar-refractivity contribution in [2.45, 2.75) is 26.8 Å². The number of allylic oxidation sites excluding steroid dienone is 4. The SMILES string of the molecule is COC1=CC(c2nc(C)nc3[nH]c4cc(-c5c(C)noc5C)c(OC)cc4c23)=C2C=CC=CC2N1. The number of aryl methyl sites for hydroxylation is 3. The summed E-state index contributed by atoms with van der Waals surface area (Å²) in [5.41, 5.74) is 7.34. The molecule has 2 aliphatic rings. The van der Waals surface area contributed by atoms with E-state index in [4.69, 9.17) is 24.0 Å². The highest BCUT2D eigenvalue weighted by Gasteiger charge is 2.27. The number of aromatic nitrogens is 4. The highest BCUT2D eigenvalue weighted by atomic mass is 16.5. The van der Waals surface area contributed by atoms with Gasteiger partial charge in [0.1, 0.15) is 23.0 Å². The van der Waals surface area contributed by atoms with E-state index in [-0.39, 0.29) is 6.04 Å². The Balaban J connectivity index is 1.67. The van der Waals surface area contributed by atoms with Gasteiger partial charge in [0.2, 0.25) is 0 Å². The number of hydrogen-bond donors (Lipinski definition) is 2. The van der Waals surface area contributed by atoms with Crippen molar-refractivity contribution in [3.8, 4) is 16.9 Å². The van der Waals surface area contributed by atoms with E-state index >= 15 is 0 Å². The van der Waals surface area contributed by atoms with Gasteiger partial charge in [-0.25, -0.2) is 9.97 Å². The fourth-order valence-corrected chi connectivity index (χ4v) is 5.02. The predicted octanol–water partition coefficient (Wildman–Crippen LogP) is 5.04. The minimum absolute atomic E-state index is 0.00570. The number of benzene rings is 1. The predicted molar refractivity (Wildman–Crippen MR) is 135 cm³/mol. The molecule has 1 atom stereocenters. The van der Waals surface area contributed by atoms with Gasteiger partial charge in [-0.05, 0) is 38.5 Å². The molecule has 1 unspecified atom stereocenters. The minimum atomic E-state index is 0.00570. The first kappa shape index (κ1) is 21.2. The largest absolute Gasteiger partial charge is 0.496 e. The van der Waals surface area contributed by atoms with Crippen LogP contribution in [0.3, 0.4) is 0 Å². The van der Waals surface area contributed by atoms with Crippen LogP contribution in [-0.2, 0) is 4.74 Å². The molecular formula is C27H25N5O3. The second-order valence-electron chi connectivity index (χ2n) is 8.71. The number of dihydropyridines is 1. The Kier molecular flexibility index (Phi) is 4.77. The topological polar surface area (TPSA) is 98.1 Å². The van der Waals surface area contributed by atoms with E-state index < -0.39 is 0 Å². The van der Waals surface area contributed by atoms with E-state index in [2.05, 4.69) is 33.7 Å². The molecule has 0 saturated heterocycles. The number of ether oxygens (including phenoxy) is 2. The molecule has 4 aromatic rings. The molecule has 0 spiro atoms. The summed E-state index contributed by atoms with van der Waals surface area (Å²) < 4.78 is 16.9. The van der Waals surface area contributed by atoms with Crippen molar-refractivity contribution in [3.63, 3.8) is 0 Å². The molecule has 0 amide bonds. The molecule has 8 heteroatoms. The van der Waals surface area contributed by atoms with Crippen molar-refractivity contribution < 1.29 is 14.0 Å². The number of rotatable bonds is 4. The third-order valence-electron chi connectivity index (χ3n) is 6.57.